The number of hydrogen-bond donors (Lipinski definition) is 1. The summed E-state index contributed by atoms with van der Waals surface area (Å²) in [7, 11) is 3.26. The van der Waals surface area contributed by atoms with Crippen LogP contribution in [0.5, 0.6) is 23.0 Å². The fourth-order valence-electron chi connectivity index (χ4n) is 2.54. The zero-order valence-corrected chi connectivity index (χ0v) is 15.9. The van der Waals surface area contributed by atoms with Crippen LogP contribution in [-0.4, -0.2) is 24.3 Å². The van der Waals surface area contributed by atoms with Gasteiger partial charge in [-0.05, 0) is 35.4 Å². The van der Waals surface area contributed by atoms with Gasteiger partial charge in [0, 0.05) is 6.07 Å². The molecule has 0 unspecified atom stereocenters. The predicted octanol–water partition coefficient (Wildman–Crippen LogP) is 3.75. The highest BCUT2D eigenvalue weighted by Gasteiger charge is 2.09. The number of pyridine rings is 1. The largest absolute Gasteiger partial charge is 0.497 e. The molecule has 0 saturated carbocycles. The molecule has 3 aromatic rings. The summed E-state index contributed by atoms with van der Waals surface area (Å²) in [5, 5.41) is 9.37. The lowest BCUT2D eigenvalue weighted by molar-refractivity contribution is 0.249. The molecular weight excluding hydrogens is 358 g/mol. The predicted molar refractivity (Wildman–Crippen MR) is 105 cm³/mol. The van der Waals surface area contributed by atoms with Crippen LogP contribution >= 0.6 is 0 Å². The van der Waals surface area contributed by atoms with E-state index in [-0.39, 0.29) is 6.61 Å². The van der Waals surface area contributed by atoms with Gasteiger partial charge < -0.3 is 24.1 Å². The summed E-state index contributed by atoms with van der Waals surface area (Å²) in [5.41, 5.74) is 2.50. The van der Waals surface area contributed by atoms with E-state index in [2.05, 4.69) is 4.98 Å². The normalized spacial score (nSPS) is 10.4. The molecule has 0 spiro atoms. The smallest absolute Gasteiger partial charge is 0.179 e. The summed E-state index contributed by atoms with van der Waals surface area (Å²) in [6, 6.07) is 17.0. The molecule has 0 aliphatic carbocycles. The standard InChI is InChI=1S/C22H23NO5/c1-25-19-7-3-16(4-8-19)14-27-21-11-18(13-24)23-12-22(21)28-15-17-5-9-20(26-2)10-6-17/h3-12,24H,13-15H2,1-2H3. The Kier molecular flexibility index (Phi) is 6.70. The third kappa shape index (κ3) is 5.14. The van der Waals surface area contributed by atoms with Crippen LogP contribution in [0, 0.1) is 0 Å². The van der Waals surface area contributed by atoms with Crippen molar-refractivity contribution >= 4 is 0 Å². The molecule has 1 heterocycles. The van der Waals surface area contributed by atoms with Gasteiger partial charge in [-0.3, -0.25) is 4.98 Å². The van der Waals surface area contributed by atoms with Crippen molar-refractivity contribution in [2.75, 3.05) is 14.2 Å². The lowest BCUT2D eigenvalue weighted by Gasteiger charge is -2.14. The van der Waals surface area contributed by atoms with Crippen molar-refractivity contribution in [2.45, 2.75) is 19.8 Å². The van der Waals surface area contributed by atoms with Crippen LogP contribution < -0.4 is 18.9 Å². The molecule has 6 nitrogen and oxygen atoms in total. The highest BCUT2D eigenvalue weighted by atomic mass is 16.5. The summed E-state index contributed by atoms with van der Waals surface area (Å²) < 4.78 is 22.1. The molecule has 0 radical (unpaired) electrons. The van der Waals surface area contributed by atoms with E-state index < -0.39 is 0 Å². The lowest BCUT2D eigenvalue weighted by atomic mass is 10.2. The number of aliphatic hydroxyl groups is 1. The summed E-state index contributed by atoms with van der Waals surface area (Å²) in [4.78, 5) is 4.18. The van der Waals surface area contributed by atoms with E-state index in [9.17, 15) is 5.11 Å². The zero-order chi connectivity index (χ0) is 19.8. The molecule has 1 aromatic heterocycles. The van der Waals surface area contributed by atoms with Crippen LogP contribution in [-0.2, 0) is 19.8 Å². The van der Waals surface area contributed by atoms with Crippen molar-refractivity contribution in [1.82, 2.24) is 4.98 Å². The van der Waals surface area contributed by atoms with Gasteiger partial charge in [0.15, 0.2) is 11.5 Å². The van der Waals surface area contributed by atoms with Gasteiger partial charge in [-0.25, -0.2) is 0 Å². The third-order valence-electron chi connectivity index (χ3n) is 4.16. The second kappa shape index (κ2) is 9.62. The fourth-order valence-corrected chi connectivity index (χ4v) is 2.54. The van der Waals surface area contributed by atoms with E-state index in [0.717, 1.165) is 22.6 Å². The molecule has 0 bridgehead atoms. The van der Waals surface area contributed by atoms with Gasteiger partial charge >= 0.3 is 0 Å². The van der Waals surface area contributed by atoms with E-state index in [1.165, 1.54) is 0 Å². The van der Waals surface area contributed by atoms with Gasteiger partial charge in [-0.15, -0.1) is 0 Å². The molecule has 3 rings (SSSR count). The summed E-state index contributed by atoms with van der Waals surface area (Å²) in [6.45, 7) is 0.554. The van der Waals surface area contributed by atoms with Crippen molar-refractivity contribution in [1.29, 1.82) is 0 Å². The van der Waals surface area contributed by atoms with Crippen LogP contribution in [0.1, 0.15) is 16.8 Å². The van der Waals surface area contributed by atoms with Crippen LogP contribution in [0.25, 0.3) is 0 Å². The molecule has 6 heteroatoms. The van der Waals surface area contributed by atoms with Crippen molar-refractivity contribution in [2.24, 2.45) is 0 Å². The maximum Gasteiger partial charge on any atom is 0.179 e. The Balaban J connectivity index is 1.69. The monoisotopic (exact) mass is 381 g/mol. The van der Waals surface area contributed by atoms with E-state index >= 15 is 0 Å². The van der Waals surface area contributed by atoms with Gasteiger partial charge in [0.2, 0.25) is 0 Å². The van der Waals surface area contributed by atoms with Crippen molar-refractivity contribution < 1.29 is 24.1 Å². The molecule has 0 aliphatic rings. The Morgan fingerprint density at radius 1 is 0.750 bits per heavy atom. The van der Waals surface area contributed by atoms with Gasteiger partial charge in [-0.2, -0.15) is 0 Å². The fraction of sp³-hybridized carbons (Fsp3) is 0.227. The Bertz CT molecular complexity index is 878. The molecule has 0 amide bonds. The van der Waals surface area contributed by atoms with Gasteiger partial charge in [-0.1, -0.05) is 24.3 Å². The minimum atomic E-state index is -0.169. The minimum absolute atomic E-state index is 0.169. The molecule has 0 aliphatic heterocycles. The first-order valence-corrected chi connectivity index (χ1v) is 8.83. The Morgan fingerprint density at radius 2 is 1.25 bits per heavy atom. The van der Waals surface area contributed by atoms with Gasteiger partial charge in [0.25, 0.3) is 0 Å². The SMILES string of the molecule is COc1ccc(COc2cnc(CO)cc2OCc2ccc(OC)cc2)cc1. The molecule has 2 aromatic carbocycles. The molecule has 1 N–H and O–H groups in total. The summed E-state index contributed by atoms with van der Waals surface area (Å²) >= 11 is 0. The van der Waals surface area contributed by atoms with E-state index in [4.69, 9.17) is 18.9 Å². The van der Waals surface area contributed by atoms with Crippen molar-refractivity contribution in [3.8, 4) is 23.0 Å². The number of aromatic nitrogens is 1. The average molecular weight is 381 g/mol. The Labute approximate surface area is 164 Å². The number of aliphatic hydroxyl groups excluding tert-OH is 1. The first-order chi connectivity index (χ1) is 13.7. The van der Waals surface area contributed by atoms with Crippen molar-refractivity contribution in [3.05, 3.63) is 77.6 Å². The zero-order valence-electron chi connectivity index (χ0n) is 15.9. The molecular formula is C22H23NO5. The number of hydrogen-bond acceptors (Lipinski definition) is 6. The average Bonchev–Trinajstić information content (AvgIpc) is 2.77. The quantitative estimate of drug-likeness (QED) is 0.609. The number of nitrogens with zero attached hydrogens (tertiary/aromatic N) is 1. The Hall–Kier alpha value is -3.25. The number of ether oxygens (including phenoxy) is 4. The number of rotatable bonds is 9. The molecule has 0 saturated heterocycles. The molecule has 0 atom stereocenters. The molecule has 146 valence electrons. The summed E-state index contributed by atoms with van der Waals surface area (Å²) in [6.07, 6.45) is 1.57. The second-order valence-corrected chi connectivity index (χ2v) is 6.05. The minimum Gasteiger partial charge on any atom is -0.497 e. The van der Waals surface area contributed by atoms with E-state index in [1.54, 1.807) is 26.5 Å². The molecule has 28 heavy (non-hydrogen) atoms. The van der Waals surface area contributed by atoms with Crippen LogP contribution in [0.2, 0.25) is 0 Å². The number of benzene rings is 2. The van der Waals surface area contributed by atoms with E-state index in [0.29, 0.717) is 30.4 Å². The van der Waals surface area contributed by atoms with Crippen LogP contribution in [0.4, 0.5) is 0 Å². The maximum absolute atomic E-state index is 9.37. The van der Waals surface area contributed by atoms with Gasteiger partial charge in [0.05, 0.1) is 32.7 Å². The van der Waals surface area contributed by atoms with E-state index in [1.807, 2.05) is 48.5 Å². The lowest BCUT2D eigenvalue weighted by Crippen LogP contribution is -2.03. The van der Waals surface area contributed by atoms with Gasteiger partial charge in [0.1, 0.15) is 24.7 Å². The third-order valence-corrected chi connectivity index (χ3v) is 4.16. The highest BCUT2D eigenvalue weighted by Crippen LogP contribution is 2.29. The first kappa shape index (κ1) is 19.5. The molecule has 0 fully saturated rings. The number of methoxy groups -OCH3 is 2. The van der Waals surface area contributed by atoms with Crippen molar-refractivity contribution in [3.63, 3.8) is 0 Å². The first-order valence-electron chi connectivity index (χ1n) is 8.83. The second-order valence-electron chi connectivity index (χ2n) is 6.05. The summed E-state index contributed by atoms with van der Waals surface area (Å²) in [5.74, 6) is 2.63. The highest BCUT2D eigenvalue weighted by molar-refractivity contribution is 5.40. The maximum atomic E-state index is 9.37. The Morgan fingerprint density at radius 3 is 1.71 bits per heavy atom. The van der Waals surface area contributed by atoms with Crippen LogP contribution in [0.15, 0.2) is 60.8 Å². The topological polar surface area (TPSA) is 70.0 Å². The van der Waals surface area contributed by atoms with Crippen LogP contribution in [0.3, 0.4) is 0 Å².